The van der Waals surface area contributed by atoms with Gasteiger partial charge in [0.2, 0.25) is 0 Å². The van der Waals surface area contributed by atoms with Gasteiger partial charge in [0.1, 0.15) is 6.04 Å². The number of hydrogen-bond donors (Lipinski definition) is 2. The summed E-state index contributed by atoms with van der Waals surface area (Å²) in [5.74, 6) is 0. The number of hydrogen-bond acceptors (Lipinski definition) is 3. The lowest BCUT2D eigenvalue weighted by Gasteiger charge is -2.38. The number of nitrogens with zero attached hydrogens (tertiary/aromatic N) is 2. The van der Waals surface area contributed by atoms with E-state index in [2.05, 4.69) is 31.1 Å². The van der Waals surface area contributed by atoms with Crippen LogP contribution in [0.5, 0.6) is 0 Å². The minimum absolute atomic E-state index is 0. The summed E-state index contributed by atoms with van der Waals surface area (Å²) in [7, 11) is 4.20. The fraction of sp³-hybridized carbons (Fsp3) is 0.571. The first kappa shape index (κ1) is 16.5. The second-order valence-corrected chi connectivity index (χ2v) is 5.74. The van der Waals surface area contributed by atoms with E-state index >= 15 is 0 Å². The molecule has 108 valence electrons. The van der Waals surface area contributed by atoms with Crippen molar-refractivity contribution in [2.45, 2.75) is 25.6 Å². The van der Waals surface area contributed by atoms with Crippen LogP contribution in [-0.2, 0) is 0 Å². The zero-order valence-electron chi connectivity index (χ0n) is 11.9. The van der Waals surface area contributed by atoms with Crippen molar-refractivity contribution in [2.24, 2.45) is 0 Å². The highest BCUT2D eigenvalue weighted by Gasteiger charge is 2.37. The van der Waals surface area contributed by atoms with Crippen LogP contribution in [0.3, 0.4) is 0 Å². The minimum atomic E-state index is -0.332. The molecule has 1 fully saturated rings. The monoisotopic (exact) mass is 377 g/mol. The highest BCUT2D eigenvalue weighted by Crippen LogP contribution is 2.26. The maximum atomic E-state index is 9.87. The van der Waals surface area contributed by atoms with Gasteiger partial charge in [0.05, 0.1) is 20.6 Å². The van der Waals surface area contributed by atoms with E-state index in [-0.39, 0.29) is 30.2 Å². The summed E-state index contributed by atoms with van der Waals surface area (Å²) < 4.78 is 0.658. The first-order valence-electron chi connectivity index (χ1n) is 6.53. The Morgan fingerprint density at radius 1 is 1.32 bits per heavy atom. The molecular weight excluding hydrogens is 353 g/mol. The van der Waals surface area contributed by atoms with Crippen molar-refractivity contribution in [3.63, 3.8) is 0 Å². The number of nitrogens with two attached hydrogens (primary N) is 1. The Labute approximate surface area is 132 Å². The van der Waals surface area contributed by atoms with Crippen molar-refractivity contribution in [2.75, 3.05) is 37.8 Å². The molecule has 0 aliphatic carbocycles. The zero-order chi connectivity index (χ0) is 13.3. The van der Waals surface area contributed by atoms with E-state index in [9.17, 15) is 5.11 Å². The molecule has 0 radical (unpaired) electrons. The Morgan fingerprint density at radius 3 is 2.42 bits per heavy atom. The topological polar surface area (TPSA) is 49.5 Å². The van der Waals surface area contributed by atoms with Crippen LogP contribution in [0.4, 0.5) is 11.4 Å². The van der Waals surface area contributed by atoms with Crippen LogP contribution in [0.2, 0.25) is 0 Å². The Hall–Kier alpha value is -0.530. The number of anilines is 2. The molecule has 2 rings (SSSR count). The van der Waals surface area contributed by atoms with Crippen LogP contribution in [0.1, 0.15) is 13.3 Å². The summed E-state index contributed by atoms with van der Waals surface area (Å²) in [5, 5.41) is 9.87. The van der Waals surface area contributed by atoms with Gasteiger partial charge in [-0.15, -0.1) is 0 Å². The Morgan fingerprint density at radius 2 is 1.89 bits per heavy atom. The molecule has 2 unspecified atom stereocenters. The van der Waals surface area contributed by atoms with E-state index in [1.54, 1.807) is 0 Å². The summed E-state index contributed by atoms with van der Waals surface area (Å²) in [6.07, 6.45) is 0.781. The van der Waals surface area contributed by atoms with Gasteiger partial charge >= 0.3 is 0 Å². The molecule has 0 amide bonds. The maximum Gasteiger partial charge on any atom is 0.187 e. The number of benzene rings is 1. The number of halogens is 1. The molecular formula is C14H24IN3O. The molecule has 1 aromatic rings. The number of nitrogen functional groups attached to an aromatic ring is 1. The third kappa shape index (κ3) is 3.52. The number of quaternary nitrogens is 1. The Bertz CT molecular complexity index is 406. The van der Waals surface area contributed by atoms with Crippen LogP contribution in [0.25, 0.3) is 0 Å². The van der Waals surface area contributed by atoms with E-state index in [1.807, 2.05) is 19.1 Å². The van der Waals surface area contributed by atoms with Crippen LogP contribution in [-0.4, -0.2) is 49.0 Å². The first-order chi connectivity index (χ1) is 8.41. The van der Waals surface area contributed by atoms with Crippen molar-refractivity contribution < 1.29 is 33.6 Å². The van der Waals surface area contributed by atoms with E-state index < -0.39 is 0 Å². The Kier molecular flexibility index (Phi) is 5.46. The maximum absolute atomic E-state index is 9.87. The summed E-state index contributed by atoms with van der Waals surface area (Å²) in [5.41, 5.74) is 7.73. The average Bonchev–Trinajstić information content (AvgIpc) is 2.79. The summed E-state index contributed by atoms with van der Waals surface area (Å²) in [6, 6.07) is 8.50. The molecule has 1 aliphatic heterocycles. The number of rotatable bonds is 3. The highest BCUT2D eigenvalue weighted by molar-refractivity contribution is 5.53. The van der Waals surface area contributed by atoms with Gasteiger partial charge in [-0.25, -0.2) is 0 Å². The van der Waals surface area contributed by atoms with Gasteiger partial charge < -0.3 is 39.7 Å². The van der Waals surface area contributed by atoms with Gasteiger partial charge in [-0.2, -0.15) is 0 Å². The van der Waals surface area contributed by atoms with Crippen molar-refractivity contribution >= 4 is 11.4 Å². The molecule has 3 N–H and O–H groups in total. The van der Waals surface area contributed by atoms with Crippen LogP contribution >= 0.6 is 0 Å². The third-order valence-electron chi connectivity index (χ3n) is 4.33. The predicted octanol–water partition coefficient (Wildman–Crippen LogP) is -1.73. The van der Waals surface area contributed by atoms with Crippen LogP contribution in [0.15, 0.2) is 24.3 Å². The predicted molar refractivity (Wildman–Crippen MR) is 75.3 cm³/mol. The van der Waals surface area contributed by atoms with E-state index in [4.69, 9.17) is 5.73 Å². The van der Waals surface area contributed by atoms with E-state index in [1.165, 1.54) is 5.69 Å². The second-order valence-electron chi connectivity index (χ2n) is 5.74. The molecule has 0 bridgehead atoms. The molecule has 2 atom stereocenters. The lowest BCUT2D eigenvalue weighted by atomic mass is 10.2. The lowest BCUT2D eigenvalue weighted by Crippen LogP contribution is -3.00. The fourth-order valence-corrected chi connectivity index (χ4v) is 2.51. The molecule has 1 saturated heterocycles. The standard InChI is InChI=1S/C14H24N3O.HI/c1-11(18)17(2,3)14-8-9-16(10-14)13-6-4-12(15)5-7-13;/h4-7,11,14,18H,8-10,15H2,1-3H3;1H/q+1;/p-1. The third-order valence-corrected chi connectivity index (χ3v) is 4.33. The average molecular weight is 377 g/mol. The normalized spacial score (nSPS) is 21.1. The number of aliphatic hydroxyl groups is 1. The highest BCUT2D eigenvalue weighted by atomic mass is 127. The van der Waals surface area contributed by atoms with Gasteiger partial charge in [-0.3, -0.25) is 4.48 Å². The molecule has 5 heteroatoms. The molecule has 1 heterocycles. The SMILES string of the molecule is CC(O)[N+](C)(C)C1CCN(c2ccc(N)cc2)C1.[I-]. The summed E-state index contributed by atoms with van der Waals surface area (Å²) >= 11 is 0. The molecule has 19 heavy (non-hydrogen) atoms. The van der Waals surface area contributed by atoms with Crippen LogP contribution < -0.4 is 34.6 Å². The summed E-state index contributed by atoms with van der Waals surface area (Å²) in [6.45, 7) is 3.90. The lowest BCUT2D eigenvalue weighted by molar-refractivity contribution is -0.954. The largest absolute Gasteiger partial charge is 1.00 e. The van der Waals surface area contributed by atoms with Gasteiger partial charge in [0, 0.05) is 31.3 Å². The molecule has 0 saturated carbocycles. The smallest absolute Gasteiger partial charge is 0.187 e. The van der Waals surface area contributed by atoms with Crippen molar-refractivity contribution in [3.8, 4) is 0 Å². The van der Waals surface area contributed by atoms with Crippen LogP contribution in [0, 0.1) is 0 Å². The van der Waals surface area contributed by atoms with Crippen molar-refractivity contribution in [1.29, 1.82) is 0 Å². The van der Waals surface area contributed by atoms with E-state index in [0.717, 1.165) is 25.2 Å². The zero-order valence-corrected chi connectivity index (χ0v) is 14.0. The van der Waals surface area contributed by atoms with Crippen molar-refractivity contribution in [3.05, 3.63) is 24.3 Å². The molecule has 0 spiro atoms. The summed E-state index contributed by atoms with van der Waals surface area (Å²) in [4.78, 5) is 2.37. The number of likely N-dealkylation sites (N-methyl/N-ethyl adjacent to an activating group) is 1. The molecule has 1 aromatic carbocycles. The van der Waals surface area contributed by atoms with Gasteiger partial charge in [-0.1, -0.05) is 0 Å². The molecule has 1 aliphatic rings. The minimum Gasteiger partial charge on any atom is -1.00 e. The molecule has 0 aromatic heterocycles. The van der Waals surface area contributed by atoms with Gasteiger partial charge in [0.25, 0.3) is 0 Å². The second kappa shape index (κ2) is 6.28. The van der Waals surface area contributed by atoms with Gasteiger partial charge in [0.15, 0.2) is 6.23 Å². The quantitative estimate of drug-likeness (QED) is 0.285. The van der Waals surface area contributed by atoms with E-state index in [0.29, 0.717) is 10.5 Å². The van der Waals surface area contributed by atoms with Gasteiger partial charge in [-0.05, 0) is 24.3 Å². The van der Waals surface area contributed by atoms with Crippen molar-refractivity contribution in [1.82, 2.24) is 0 Å². The Balaban J connectivity index is 0.00000180. The first-order valence-corrected chi connectivity index (χ1v) is 6.53. The molecule has 4 nitrogen and oxygen atoms in total. The fourth-order valence-electron chi connectivity index (χ4n) is 2.51. The number of aliphatic hydroxyl groups excluding tert-OH is 1.